The van der Waals surface area contributed by atoms with Gasteiger partial charge in [-0.1, -0.05) is 26.2 Å². The zero-order chi connectivity index (χ0) is 14.2. The first kappa shape index (κ1) is 15.8. The first-order valence-electron chi connectivity index (χ1n) is 8.47. The molecular formula is C16H31N3O. The first-order valence-corrected chi connectivity index (χ1v) is 8.47. The number of carbonyl (C=O) groups excluding carboxylic acids is 1. The Hall–Kier alpha value is -0.610. The molecule has 2 fully saturated rings. The molecule has 1 aliphatic carbocycles. The highest BCUT2D eigenvalue weighted by Crippen LogP contribution is 2.29. The molecular weight excluding hydrogens is 250 g/mol. The number of hydrogen-bond acceptors (Lipinski definition) is 3. The number of nitrogens with zero attached hydrogens (tertiary/aromatic N) is 1. The van der Waals surface area contributed by atoms with Crippen LogP contribution in [0.3, 0.4) is 0 Å². The Bertz CT molecular complexity index is 279. The van der Waals surface area contributed by atoms with Gasteiger partial charge in [0.2, 0.25) is 5.91 Å². The van der Waals surface area contributed by atoms with Gasteiger partial charge >= 0.3 is 0 Å². The van der Waals surface area contributed by atoms with E-state index in [1.165, 1.54) is 32.1 Å². The van der Waals surface area contributed by atoms with Crippen molar-refractivity contribution in [1.82, 2.24) is 15.5 Å². The van der Waals surface area contributed by atoms with Gasteiger partial charge in [-0.25, -0.2) is 0 Å². The lowest BCUT2D eigenvalue weighted by molar-refractivity contribution is -0.122. The molecule has 0 aromatic rings. The van der Waals surface area contributed by atoms with Crippen molar-refractivity contribution in [1.29, 1.82) is 0 Å². The lowest BCUT2D eigenvalue weighted by atomic mass is 9.81. The van der Waals surface area contributed by atoms with E-state index in [2.05, 4.69) is 22.5 Å². The number of nitrogens with one attached hydrogen (secondary N) is 2. The second-order valence-electron chi connectivity index (χ2n) is 6.48. The summed E-state index contributed by atoms with van der Waals surface area (Å²) in [7, 11) is 0. The van der Waals surface area contributed by atoms with Gasteiger partial charge in [-0.15, -0.1) is 0 Å². The summed E-state index contributed by atoms with van der Waals surface area (Å²) in [5.74, 6) is 1.86. The smallest absolute Gasteiger partial charge is 0.234 e. The second kappa shape index (κ2) is 8.63. The Morgan fingerprint density at radius 3 is 2.65 bits per heavy atom. The Kier molecular flexibility index (Phi) is 6.80. The van der Waals surface area contributed by atoms with E-state index in [0.717, 1.165) is 45.1 Å². The van der Waals surface area contributed by atoms with Crippen LogP contribution in [0.4, 0.5) is 0 Å². The molecule has 116 valence electrons. The van der Waals surface area contributed by atoms with Crippen LogP contribution in [0.5, 0.6) is 0 Å². The van der Waals surface area contributed by atoms with Gasteiger partial charge in [-0.3, -0.25) is 9.69 Å². The normalized spacial score (nSPS) is 28.9. The van der Waals surface area contributed by atoms with E-state index in [4.69, 9.17) is 0 Å². The van der Waals surface area contributed by atoms with Crippen LogP contribution in [0, 0.1) is 11.8 Å². The molecule has 1 saturated carbocycles. The van der Waals surface area contributed by atoms with E-state index in [9.17, 15) is 4.79 Å². The van der Waals surface area contributed by atoms with Crippen LogP contribution >= 0.6 is 0 Å². The van der Waals surface area contributed by atoms with Crippen LogP contribution < -0.4 is 10.6 Å². The average molecular weight is 281 g/mol. The highest BCUT2D eigenvalue weighted by molar-refractivity contribution is 5.78. The molecule has 2 N–H and O–H groups in total. The maximum absolute atomic E-state index is 12.0. The molecule has 2 aliphatic rings. The lowest BCUT2D eigenvalue weighted by Crippen LogP contribution is -2.40. The third kappa shape index (κ3) is 5.41. The van der Waals surface area contributed by atoms with E-state index in [1.807, 2.05) is 0 Å². The molecule has 0 atom stereocenters. The molecule has 1 amide bonds. The summed E-state index contributed by atoms with van der Waals surface area (Å²) in [5, 5.41) is 6.52. The van der Waals surface area contributed by atoms with Crippen molar-refractivity contribution in [2.75, 3.05) is 39.3 Å². The van der Waals surface area contributed by atoms with Gasteiger partial charge in [-0.05, 0) is 44.2 Å². The van der Waals surface area contributed by atoms with Crippen LogP contribution in [-0.4, -0.2) is 50.1 Å². The standard InChI is InChI=1S/C16H31N3O/c1-2-14-4-6-15(7-5-14)12-18-16(20)13-19-10-3-8-17-9-11-19/h14-15,17H,2-13H2,1H3,(H,18,20). The number of hydrogen-bond donors (Lipinski definition) is 2. The highest BCUT2D eigenvalue weighted by Gasteiger charge is 2.20. The Morgan fingerprint density at radius 1 is 1.15 bits per heavy atom. The van der Waals surface area contributed by atoms with Gasteiger partial charge < -0.3 is 10.6 Å². The maximum atomic E-state index is 12.0. The van der Waals surface area contributed by atoms with Gasteiger partial charge in [0.05, 0.1) is 6.54 Å². The molecule has 4 heteroatoms. The van der Waals surface area contributed by atoms with E-state index in [1.54, 1.807) is 0 Å². The zero-order valence-corrected chi connectivity index (χ0v) is 13.0. The number of carbonyl (C=O) groups is 1. The minimum absolute atomic E-state index is 0.213. The summed E-state index contributed by atoms with van der Waals surface area (Å²) >= 11 is 0. The minimum Gasteiger partial charge on any atom is -0.355 e. The van der Waals surface area contributed by atoms with Crippen LogP contribution in [0.2, 0.25) is 0 Å². The molecule has 4 nitrogen and oxygen atoms in total. The van der Waals surface area contributed by atoms with Crippen molar-refractivity contribution >= 4 is 5.91 Å². The SMILES string of the molecule is CCC1CCC(CNC(=O)CN2CCCNCC2)CC1. The fraction of sp³-hybridized carbons (Fsp3) is 0.938. The molecule has 1 heterocycles. The van der Waals surface area contributed by atoms with Crippen LogP contribution in [0.25, 0.3) is 0 Å². The molecule has 1 aliphatic heterocycles. The van der Waals surface area contributed by atoms with Gasteiger partial charge in [0.1, 0.15) is 0 Å². The third-order valence-corrected chi connectivity index (χ3v) is 4.93. The Labute approximate surface area is 123 Å². The maximum Gasteiger partial charge on any atom is 0.234 e. The van der Waals surface area contributed by atoms with E-state index < -0.39 is 0 Å². The number of rotatable bonds is 5. The van der Waals surface area contributed by atoms with Crippen molar-refractivity contribution in [3.63, 3.8) is 0 Å². The van der Waals surface area contributed by atoms with Gasteiger partial charge in [0.25, 0.3) is 0 Å². The molecule has 0 aromatic carbocycles. The van der Waals surface area contributed by atoms with Crippen molar-refractivity contribution < 1.29 is 4.79 Å². The Balaban J connectivity index is 1.60. The topological polar surface area (TPSA) is 44.4 Å². The fourth-order valence-electron chi connectivity index (χ4n) is 3.42. The summed E-state index contributed by atoms with van der Waals surface area (Å²) in [6, 6.07) is 0. The molecule has 0 spiro atoms. The van der Waals surface area contributed by atoms with E-state index in [-0.39, 0.29) is 5.91 Å². The monoisotopic (exact) mass is 281 g/mol. The zero-order valence-electron chi connectivity index (χ0n) is 13.0. The van der Waals surface area contributed by atoms with Gasteiger partial charge in [0.15, 0.2) is 0 Å². The second-order valence-corrected chi connectivity index (χ2v) is 6.48. The van der Waals surface area contributed by atoms with Crippen molar-refractivity contribution in [2.24, 2.45) is 11.8 Å². The van der Waals surface area contributed by atoms with Crippen molar-refractivity contribution in [2.45, 2.75) is 45.4 Å². The van der Waals surface area contributed by atoms with E-state index in [0.29, 0.717) is 12.5 Å². The molecule has 20 heavy (non-hydrogen) atoms. The summed E-state index contributed by atoms with van der Waals surface area (Å²) in [6.45, 7) is 7.89. The molecule has 0 bridgehead atoms. The molecule has 1 saturated heterocycles. The predicted molar refractivity (Wildman–Crippen MR) is 82.7 cm³/mol. The quantitative estimate of drug-likeness (QED) is 0.805. The minimum atomic E-state index is 0.213. The van der Waals surface area contributed by atoms with Gasteiger partial charge in [0, 0.05) is 19.6 Å². The van der Waals surface area contributed by atoms with Crippen LogP contribution in [0.15, 0.2) is 0 Å². The fourth-order valence-corrected chi connectivity index (χ4v) is 3.42. The molecule has 2 rings (SSSR count). The van der Waals surface area contributed by atoms with Crippen LogP contribution in [-0.2, 0) is 4.79 Å². The summed E-state index contributed by atoms with van der Waals surface area (Å²) in [5.41, 5.74) is 0. The summed E-state index contributed by atoms with van der Waals surface area (Å²) < 4.78 is 0. The van der Waals surface area contributed by atoms with Gasteiger partial charge in [-0.2, -0.15) is 0 Å². The van der Waals surface area contributed by atoms with Crippen molar-refractivity contribution in [3.05, 3.63) is 0 Å². The average Bonchev–Trinajstić information content (AvgIpc) is 2.74. The summed E-state index contributed by atoms with van der Waals surface area (Å²) in [6.07, 6.45) is 7.78. The van der Waals surface area contributed by atoms with Crippen molar-refractivity contribution in [3.8, 4) is 0 Å². The predicted octanol–water partition coefficient (Wildman–Crippen LogP) is 1.61. The molecule has 0 radical (unpaired) electrons. The highest BCUT2D eigenvalue weighted by atomic mass is 16.2. The molecule has 0 aromatic heterocycles. The lowest BCUT2D eigenvalue weighted by Gasteiger charge is -2.28. The van der Waals surface area contributed by atoms with E-state index >= 15 is 0 Å². The number of amides is 1. The Morgan fingerprint density at radius 2 is 1.90 bits per heavy atom. The first-order chi connectivity index (χ1) is 9.78. The van der Waals surface area contributed by atoms with Crippen LogP contribution in [0.1, 0.15) is 45.4 Å². The largest absolute Gasteiger partial charge is 0.355 e. The third-order valence-electron chi connectivity index (χ3n) is 4.93. The molecule has 0 unspecified atom stereocenters. The summed E-state index contributed by atoms with van der Waals surface area (Å²) in [4.78, 5) is 14.3.